The normalized spacial score (nSPS) is 22.6. The van der Waals surface area contributed by atoms with Crippen molar-refractivity contribution in [3.8, 4) is 11.3 Å². The minimum absolute atomic E-state index is 0.00926. The molecule has 0 unspecified atom stereocenters. The van der Waals surface area contributed by atoms with Gasteiger partial charge in [0.1, 0.15) is 11.5 Å². The SMILES string of the molecule is C=CC(=O)Nc1cc(Nc2nc(-c3ccnc(N4CCn5c(cc6c5CC(C)(C)C6)C4=O)c3CO)cn(C)c2=O)ccc1N1CCN(C2CCN(c3cccc4c3CN(C3CCC(C)(OP(=O)(O)O)CC3)C4=O)CC2)C[C@@H]1C. The fourth-order valence-corrected chi connectivity index (χ4v) is 14.1. The molecule has 6 aliphatic rings. The largest absolute Gasteiger partial charge is 0.470 e. The van der Waals surface area contributed by atoms with Crippen LogP contribution in [0.3, 0.4) is 0 Å². The summed E-state index contributed by atoms with van der Waals surface area (Å²) < 4.78 is 20.3. The first-order chi connectivity index (χ1) is 37.2. The Morgan fingerprint density at radius 1 is 0.897 bits per heavy atom. The Kier molecular flexibility index (Phi) is 14.0. The molecule has 2 saturated heterocycles. The van der Waals surface area contributed by atoms with Gasteiger partial charge >= 0.3 is 7.82 Å². The molecule has 3 fully saturated rings. The van der Waals surface area contributed by atoms with Gasteiger partial charge in [-0.2, -0.15) is 0 Å². The highest BCUT2D eigenvalue weighted by Gasteiger charge is 2.43. The van der Waals surface area contributed by atoms with Gasteiger partial charge in [-0.25, -0.2) is 14.5 Å². The number of phosphoric acid groups is 1. The minimum atomic E-state index is -4.63. The number of aliphatic hydroxyl groups is 1. The molecule has 2 aromatic carbocycles. The topological polar surface area (TPSA) is 231 Å². The number of phosphoric ester groups is 1. The molecular formula is C57H70N11O9P. The lowest BCUT2D eigenvalue weighted by molar-refractivity contribution is -0.111. The molecule has 0 radical (unpaired) electrons. The van der Waals surface area contributed by atoms with Gasteiger partial charge in [-0.3, -0.25) is 33.5 Å². The number of hydrogen-bond donors (Lipinski definition) is 5. The fraction of sp³-hybridized carbons (Fsp3) is 0.474. The van der Waals surface area contributed by atoms with E-state index >= 15 is 0 Å². The highest BCUT2D eigenvalue weighted by atomic mass is 31.2. The first-order valence-electron chi connectivity index (χ1n) is 27.2. The highest BCUT2D eigenvalue weighted by molar-refractivity contribution is 7.46. The zero-order valence-electron chi connectivity index (χ0n) is 45.1. The van der Waals surface area contributed by atoms with E-state index in [1.807, 2.05) is 35.2 Å². The van der Waals surface area contributed by atoms with Crippen molar-refractivity contribution >= 4 is 59.9 Å². The number of amides is 3. The number of anilines is 6. The smallest absolute Gasteiger partial charge is 0.392 e. The second-order valence-electron chi connectivity index (χ2n) is 23.1. The van der Waals surface area contributed by atoms with E-state index in [1.165, 1.54) is 21.9 Å². The van der Waals surface area contributed by atoms with Crippen LogP contribution in [0.2, 0.25) is 0 Å². The van der Waals surface area contributed by atoms with Gasteiger partial charge in [0.25, 0.3) is 17.4 Å². The molecule has 4 aliphatic heterocycles. The number of benzene rings is 2. The number of aromatic nitrogens is 4. The van der Waals surface area contributed by atoms with Crippen molar-refractivity contribution in [3.05, 3.63) is 118 Å². The van der Waals surface area contributed by atoms with Gasteiger partial charge in [-0.15, -0.1) is 0 Å². The molecule has 7 heterocycles. The van der Waals surface area contributed by atoms with Gasteiger partial charge in [0.2, 0.25) is 5.91 Å². The van der Waals surface area contributed by atoms with E-state index in [-0.39, 0.29) is 41.0 Å². The molecule has 3 aromatic heterocycles. The summed E-state index contributed by atoms with van der Waals surface area (Å²) in [6.07, 6.45) is 10.3. The summed E-state index contributed by atoms with van der Waals surface area (Å²) in [5.41, 5.74) is 7.97. The van der Waals surface area contributed by atoms with Crippen molar-refractivity contribution in [1.29, 1.82) is 0 Å². The number of rotatable bonds is 13. The fourth-order valence-electron chi connectivity index (χ4n) is 13.3. The van der Waals surface area contributed by atoms with Crippen LogP contribution in [-0.2, 0) is 53.5 Å². The molecule has 0 bridgehead atoms. The third-order valence-electron chi connectivity index (χ3n) is 17.2. The number of carbonyl (C=O) groups excluding carboxylic acids is 3. The third kappa shape index (κ3) is 10.2. The number of nitrogens with one attached hydrogen (secondary N) is 2. The average Bonchev–Trinajstić information content (AvgIpc) is 4.22. The van der Waals surface area contributed by atoms with Crippen molar-refractivity contribution in [2.45, 2.75) is 122 Å². The predicted octanol–water partition coefficient (Wildman–Crippen LogP) is 6.74. The second-order valence-corrected chi connectivity index (χ2v) is 24.3. The summed E-state index contributed by atoms with van der Waals surface area (Å²) in [6, 6.07) is 15.7. The molecule has 78 heavy (non-hydrogen) atoms. The van der Waals surface area contributed by atoms with Gasteiger partial charge in [-0.05, 0) is 125 Å². The number of aliphatic hydroxyl groups excluding tert-OH is 1. The number of hydrogen-bond acceptors (Lipinski definition) is 13. The number of pyridine rings is 1. The van der Waals surface area contributed by atoms with Crippen LogP contribution in [0.4, 0.5) is 34.4 Å². The number of fused-ring (bicyclic) bond motifs is 4. The van der Waals surface area contributed by atoms with Crippen LogP contribution in [0.15, 0.2) is 78.4 Å². The molecular weight excluding hydrogens is 1010 g/mol. The quantitative estimate of drug-likeness (QED) is 0.0608. The van der Waals surface area contributed by atoms with Crippen LogP contribution in [0.1, 0.15) is 109 Å². The van der Waals surface area contributed by atoms with E-state index in [1.54, 1.807) is 43.4 Å². The van der Waals surface area contributed by atoms with Crippen LogP contribution >= 0.6 is 7.82 Å². The number of carbonyl (C=O) groups is 3. The van der Waals surface area contributed by atoms with E-state index in [0.717, 1.165) is 74.4 Å². The molecule has 2 aliphatic carbocycles. The van der Waals surface area contributed by atoms with Crippen LogP contribution in [0.25, 0.3) is 11.3 Å². The first kappa shape index (κ1) is 53.3. The average molecular weight is 1080 g/mol. The highest BCUT2D eigenvalue weighted by Crippen LogP contribution is 2.48. The van der Waals surface area contributed by atoms with E-state index in [4.69, 9.17) is 9.51 Å². The number of piperidine rings is 1. The van der Waals surface area contributed by atoms with Crippen molar-refractivity contribution in [2.24, 2.45) is 12.5 Å². The molecule has 1 atom stereocenters. The lowest BCUT2D eigenvalue weighted by Gasteiger charge is -2.47. The van der Waals surface area contributed by atoms with Crippen molar-refractivity contribution in [3.63, 3.8) is 0 Å². The number of aryl methyl sites for hydroxylation is 1. The maximum Gasteiger partial charge on any atom is 0.470 e. The monoisotopic (exact) mass is 1080 g/mol. The van der Waals surface area contributed by atoms with Crippen LogP contribution in [-0.4, -0.2) is 125 Å². The Labute approximate surface area is 453 Å². The van der Waals surface area contributed by atoms with Crippen LogP contribution in [0, 0.1) is 5.41 Å². The lowest BCUT2D eigenvalue weighted by Crippen LogP contribution is -2.57. The van der Waals surface area contributed by atoms with E-state index in [9.17, 15) is 38.6 Å². The Bertz CT molecular complexity index is 3330. The zero-order chi connectivity index (χ0) is 55.0. The van der Waals surface area contributed by atoms with Gasteiger partial charge in [0.05, 0.1) is 29.3 Å². The Morgan fingerprint density at radius 3 is 2.38 bits per heavy atom. The van der Waals surface area contributed by atoms with Gasteiger partial charge in [-0.1, -0.05) is 26.5 Å². The molecule has 412 valence electrons. The molecule has 0 spiro atoms. The summed E-state index contributed by atoms with van der Waals surface area (Å²) in [7, 11) is -3.00. The van der Waals surface area contributed by atoms with Gasteiger partial charge in [0, 0.05) is 129 Å². The molecule has 20 nitrogen and oxygen atoms in total. The summed E-state index contributed by atoms with van der Waals surface area (Å²) in [5, 5.41) is 17.1. The Hall–Kier alpha value is -6.67. The number of piperazine rings is 1. The number of nitrogens with zero attached hydrogens (tertiary/aromatic N) is 9. The second kappa shape index (κ2) is 20.5. The van der Waals surface area contributed by atoms with Gasteiger partial charge in [0.15, 0.2) is 5.82 Å². The molecule has 3 amide bonds. The molecule has 5 N–H and O–H groups in total. The Morgan fingerprint density at radius 2 is 1.67 bits per heavy atom. The predicted molar refractivity (Wildman–Crippen MR) is 298 cm³/mol. The summed E-state index contributed by atoms with van der Waals surface area (Å²) in [4.78, 5) is 93.8. The van der Waals surface area contributed by atoms with Crippen molar-refractivity contribution in [2.75, 3.05) is 64.6 Å². The van der Waals surface area contributed by atoms with Crippen LogP contribution in [0.5, 0.6) is 0 Å². The van der Waals surface area contributed by atoms with E-state index < -0.39 is 25.6 Å². The van der Waals surface area contributed by atoms with Crippen LogP contribution < -0.4 is 30.9 Å². The van der Waals surface area contributed by atoms with Crippen molar-refractivity contribution < 1.29 is 38.4 Å². The van der Waals surface area contributed by atoms with Crippen molar-refractivity contribution in [1.82, 2.24) is 28.9 Å². The van der Waals surface area contributed by atoms with E-state index in [0.29, 0.717) is 97.6 Å². The molecule has 21 heteroatoms. The molecule has 5 aromatic rings. The minimum Gasteiger partial charge on any atom is -0.392 e. The maximum atomic E-state index is 14.1. The maximum absolute atomic E-state index is 14.1. The van der Waals surface area contributed by atoms with Gasteiger partial charge < -0.3 is 49.4 Å². The first-order valence-corrected chi connectivity index (χ1v) is 28.7. The standard InChI is InChI=1S/C57H70N11O9P/c1-7-50(70)60-44-28-37(59-51-55(73)62(6)33-45(61-51)40-15-20-58-52(43(40)34-69)67-26-25-66-48(54(67)72)27-36-29-56(3,4)30-49(36)66)11-12-47(44)65-24-23-64(31-35(65)2)38-16-21-63(22-17-38)46-10-8-9-41-42(46)32-68(53(41)71)39-13-18-57(5,19-14-39)77-78(74,75)76/h7-12,15,20,27-28,33,35,38-39,69H,1,13-14,16-19,21-26,29-32,34H2,2-6H3,(H,59,61)(H,60,70)(H2,74,75,76)/t35-,39?,57?/m0/s1. The molecule has 11 rings (SSSR count). The van der Waals surface area contributed by atoms with E-state index in [2.05, 4.69) is 68.3 Å². The lowest BCUT2D eigenvalue weighted by atomic mass is 9.83. The summed E-state index contributed by atoms with van der Waals surface area (Å²) >= 11 is 0. The molecule has 1 saturated carbocycles. The Balaban J connectivity index is 0.753. The zero-order valence-corrected chi connectivity index (χ0v) is 46.0. The summed E-state index contributed by atoms with van der Waals surface area (Å²) in [5.74, 6) is -0.173. The summed E-state index contributed by atoms with van der Waals surface area (Å²) in [6.45, 7) is 17.2. The third-order valence-corrected chi connectivity index (χ3v) is 17.9.